The van der Waals surface area contributed by atoms with E-state index in [4.69, 9.17) is 0 Å². The van der Waals surface area contributed by atoms with Crippen molar-refractivity contribution in [2.75, 3.05) is 11.9 Å². The monoisotopic (exact) mass is 363 g/mol. The van der Waals surface area contributed by atoms with E-state index < -0.39 is 6.04 Å². The van der Waals surface area contributed by atoms with Crippen LogP contribution in [0.25, 0.3) is 10.9 Å². The second kappa shape index (κ2) is 8.08. The fourth-order valence-corrected chi connectivity index (χ4v) is 3.07. The summed E-state index contributed by atoms with van der Waals surface area (Å²) in [5.74, 6) is -0.458. The minimum Gasteiger partial charge on any atom is -0.361 e. The highest BCUT2D eigenvalue weighted by molar-refractivity contribution is 5.99. The van der Waals surface area contributed by atoms with Crippen LogP contribution in [-0.4, -0.2) is 29.9 Å². The van der Waals surface area contributed by atoms with Crippen molar-refractivity contribution in [1.82, 2.24) is 10.3 Å². The summed E-state index contributed by atoms with van der Waals surface area (Å²) in [6, 6.07) is 16.8. The van der Waals surface area contributed by atoms with Crippen LogP contribution in [0.4, 0.5) is 5.69 Å². The van der Waals surface area contributed by atoms with Crippen LogP contribution < -0.4 is 10.2 Å². The molecule has 0 saturated carbocycles. The number of aromatic amines is 1. The number of carbonyl (C=O) groups is 2. The molecule has 5 heteroatoms. The van der Waals surface area contributed by atoms with Crippen LogP contribution in [0.5, 0.6) is 0 Å². The van der Waals surface area contributed by atoms with E-state index in [0.29, 0.717) is 6.42 Å². The van der Waals surface area contributed by atoms with Crippen molar-refractivity contribution in [3.05, 3.63) is 66.4 Å². The number of hydrogen-bond donors (Lipinski definition) is 2. The molecule has 1 atom stereocenters. The molecule has 0 bridgehead atoms. The van der Waals surface area contributed by atoms with E-state index in [1.54, 1.807) is 11.9 Å². The molecule has 1 heterocycles. The third-order valence-corrected chi connectivity index (χ3v) is 4.71. The standard InChI is InChI=1S/C22H25N3O2/c1-15(2)21(26)24-20(22(27)25(3)17-9-5-4-6-10-17)13-16-14-23-19-12-8-7-11-18(16)19/h4-12,14-15,20,23H,13H2,1-3H3,(H,24,26). The van der Waals surface area contributed by atoms with E-state index in [1.807, 2.05) is 74.6 Å². The summed E-state index contributed by atoms with van der Waals surface area (Å²) in [4.78, 5) is 30.3. The molecule has 0 fully saturated rings. The number of nitrogens with one attached hydrogen (secondary N) is 2. The Hall–Kier alpha value is -3.08. The lowest BCUT2D eigenvalue weighted by Crippen LogP contribution is -2.49. The Balaban J connectivity index is 1.88. The maximum atomic E-state index is 13.2. The third kappa shape index (κ3) is 4.19. The van der Waals surface area contributed by atoms with E-state index in [-0.39, 0.29) is 17.7 Å². The first-order valence-corrected chi connectivity index (χ1v) is 9.15. The van der Waals surface area contributed by atoms with Crippen LogP contribution in [0.1, 0.15) is 19.4 Å². The molecule has 27 heavy (non-hydrogen) atoms. The van der Waals surface area contributed by atoms with Crippen LogP contribution in [0.3, 0.4) is 0 Å². The van der Waals surface area contributed by atoms with Crippen LogP contribution in [-0.2, 0) is 16.0 Å². The van der Waals surface area contributed by atoms with E-state index in [1.165, 1.54) is 0 Å². The summed E-state index contributed by atoms with van der Waals surface area (Å²) in [5, 5.41) is 3.99. The molecular weight excluding hydrogens is 338 g/mol. The second-order valence-corrected chi connectivity index (χ2v) is 7.01. The van der Waals surface area contributed by atoms with Gasteiger partial charge in [-0.3, -0.25) is 9.59 Å². The molecule has 0 aliphatic carbocycles. The fourth-order valence-electron chi connectivity index (χ4n) is 3.07. The lowest BCUT2D eigenvalue weighted by Gasteiger charge is -2.25. The highest BCUT2D eigenvalue weighted by atomic mass is 16.2. The maximum absolute atomic E-state index is 13.2. The second-order valence-electron chi connectivity index (χ2n) is 7.01. The molecule has 0 spiro atoms. The largest absolute Gasteiger partial charge is 0.361 e. The Kier molecular flexibility index (Phi) is 5.60. The third-order valence-electron chi connectivity index (χ3n) is 4.71. The average Bonchev–Trinajstić information content (AvgIpc) is 3.10. The van der Waals surface area contributed by atoms with E-state index in [2.05, 4.69) is 10.3 Å². The van der Waals surface area contributed by atoms with Gasteiger partial charge in [0.05, 0.1) is 0 Å². The van der Waals surface area contributed by atoms with Gasteiger partial charge in [0.15, 0.2) is 0 Å². The number of anilines is 1. The first-order valence-electron chi connectivity index (χ1n) is 9.15. The Labute approximate surface area is 159 Å². The van der Waals surface area contributed by atoms with Crippen LogP contribution in [0.15, 0.2) is 60.8 Å². The molecule has 0 radical (unpaired) electrons. The molecule has 5 nitrogen and oxygen atoms in total. The first kappa shape index (κ1) is 18.7. The first-order chi connectivity index (χ1) is 13.0. The topological polar surface area (TPSA) is 65.2 Å². The van der Waals surface area contributed by atoms with Crippen LogP contribution >= 0.6 is 0 Å². The summed E-state index contributed by atoms with van der Waals surface area (Å²) in [6.07, 6.45) is 2.34. The molecule has 0 saturated heterocycles. The van der Waals surface area contributed by atoms with E-state index >= 15 is 0 Å². The highest BCUT2D eigenvalue weighted by Crippen LogP contribution is 2.21. The van der Waals surface area contributed by atoms with Crippen LogP contribution in [0.2, 0.25) is 0 Å². The predicted octanol–water partition coefficient (Wildman–Crippen LogP) is 3.51. The van der Waals surface area contributed by atoms with Gasteiger partial charge in [0.25, 0.3) is 0 Å². The number of carbonyl (C=O) groups excluding carboxylic acids is 2. The molecule has 0 aliphatic rings. The van der Waals surface area contributed by atoms with Crippen molar-refractivity contribution in [2.24, 2.45) is 5.92 Å². The molecule has 1 unspecified atom stereocenters. The van der Waals surface area contributed by atoms with Gasteiger partial charge >= 0.3 is 0 Å². The molecule has 2 aromatic carbocycles. The van der Waals surface area contributed by atoms with Gasteiger partial charge in [0.1, 0.15) is 6.04 Å². The summed E-state index contributed by atoms with van der Waals surface area (Å²) in [5.41, 5.74) is 2.82. The number of aromatic nitrogens is 1. The number of H-pyrrole nitrogens is 1. The van der Waals surface area contributed by atoms with Crippen molar-refractivity contribution >= 4 is 28.4 Å². The molecule has 3 rings (SSSR count). The summed E-state index contributed by atoms with van der Waals surface area (Å²) < 4.78 is 0. The Morgan fingerprint density at radius 2 is 1.70 bits per heavy atom. The normalized spacial score (nSPS) is 12.1. The van der Waals surface area contributed by atoms with E-state index in [0.717, 1.165) is 22.2 Å². The van der Waals surface area contributed by atoms with Gasteiger partial charge in [-0.05, 0) is 23.8 Å². The average molecular weight is 363 g/mol. The number of rotatable bonds is 6. The van der Waals surface area contributed by atoms with Crippen molar-refractivity contribution in [2.45, 2.75) is 26.3 Å². The van der Waals surface area contributed by atoms with Gasteiger partial charge in [0, 0.05) is 42.2 Å². The van der Waals surface area contributed by atoms with Crippen molar-refractivity contribution in [3.63, 3.8) is 0 Å². The summed E-state index contributed by atoms with van der Waals surface area (Å²) in [6.45, 7) is 3.65. The number of hydrogen-bond acceptors (Lipinski definition) is 2. The van der Waals surface area contributed by atoms with Gasteiger partial charge in [-0.15, -0.1) is 0 Å². The zero-order valence-corrected chi connectivity index (χ0v) is 15.9. The van der Waals surface area contributed by atoms with Crippen LogP contribution in [0, 0.1) is 5.92 Å². The molecule has 0 aliphatic heterocycles. The highest BCUT2D eigenvalue weighted by Gasteiger charge is 2.26. The quantitative estimate of drug-likeness (QED) is 0.704. The van der Waals surface area contributed by atoms with Gasteiger partial charge < -0.3 is 15.2 Å². The predicted molar refractivity (Wildman–Crippen MR) is 109 cm³/mol. The number of benzene rings is 2. The summed E-state index contributed by atoms with van der Waals surface area (Å²) >= 11 is 0. The molecule has 2 amide bonds. The van der Waals surface area contributed by atoms with Gasteiger partial charge in [-0.2, -0.15) is 0 Å². The zero-order valence-electron chi connectivity index (χ0n) is 15.9. The summed E-state index contributed by atoms with van der Waals surface area (Å²) in [7, 11) is 1.74. The SMILES string of the molecule is CC(C)C(=O)NC(Cc1c[nH]c2ccccc12)C(=O)N(C)c1ccccc1. The number of likely N-dealkylation sites (N-methyl/N-ethyl adjacent to an activating group) is 1. The van der Waals surface area contributed by atoms with Crippen molar-refractivity contribution in [3.8, 4) is 0 Å². The Morgan fingerprint density at radius 1 is 1.04 bits per heavy atom. The number of amides is 2. The molecule has 140 valence electrons. The molecule has 1 aromatic heterocycles. The Morgan fingerprint density at radius 3 is 2.41 bits per heavy atom. The lowest BCUT2D eigenvalue weighted by molar-refractivity contribution is -0.129. The molecule has 2 N–H and O–H groups in total. The maximum Gasteiger partial charge on any atom is 0.249 e. The smallest absolute Gasteiger partial charge is 0.249 e. The van der Waals surface area contributed by atoms with Gasteiger partial charge in [0.2, 0.25) is 11.8 Å². The zero-order chi connectivity index (χ0) is 19.4. The Bertz CT molecular complexity index is 931. The number of para-hydroxylation sites is 2. The number of fused-ring (bicyclic) bond motifs is 1. The van der Waals surface area contributed by atoms with E-state index in [9.17, 15) is 9.59 Å². The van der Waals surface area contributed by atoms with Crippen molar-refractivity contribution in [1.29, 1.82) is 0 Å². The lowest BCUT2D eigenvalue weighted by atomic mass is 10.0. The number of nitrogens with zero attached hydrogens (tertiary/aromatic N) is 1. The van der Waals surface area contributed by atoms with Gasteiger partial charge in [-0.1, -0.05) is 50.2 Å². The molecule has 3 aromatic rings. The van der Waals surface area contributed by atoms with Crippen molar-refractivity contribution < 1.29 is 9.59 Å². The fraction of sp³-hybridized carbons (Fsp3) is 0.273. The minimum atomic E-state index is -0.635. The minimum absolute atomic E-state index is 0.130. The van der Waals surface area contributed by atoms with Gasteiger partial charge in [-0.25, -0.2) is 0 Å². The molecular formula is C22H25N3O2.